The van der Waals surface area contributed by atoms with Crippen LogP contribution >= 0.6 is 11.8 Å². The lowest BCUT2D eigenvalue weighted by molar-refractivity contribution is -0.237. The van der Waals surface area contributed by atoms with Crippen LogP contribution in [0, 0.1) is 0 Å². The molecule has 0 aromatic rings. The number of thioether (sulfide) groups is 1. The number of ether oxygens (including phenoxy) is 5. The molecule has 1 aliphatic rings. The normalized spacial score (nSPS) is 28.0. The molecule has 1 saturated heterocycles. The summed E-state index contributed by atoms with van der Waals surface area (Å²) in [5, 5.41) is 0. The molecule has 0 bridgehead atoms. The highest BCUT2D eigenvalue weighted by molar-refractivity contribution is 7.99. The monoisotopic (exact) mass is 392 g/mol. The average molecular weight is 392 g/mol. The first-order valence-electron chi connectivity index (χ1n) is 8.07. The maximum atomic E-state index is 11.6. The lowest BCUT2D eigenvalue weighted by Crippen LogP contribution is -2.61. The van der Waals surface area contributed by atoms with Crippen LogP contribution in [0.1, 0.15) is 34.6 Å². The summed E-state index contributed by atoms with van der Waals surface area (Å²) in [6.07, 6.45) is -4.07. The summed E-state index contributed by atoms with van der Waals surface area (Å²) in [5.74, 6) is -1.81. The van der Waals surface area contributed by atoms with Crippen LogP contribution in [0.5, 0.6) is 0 Å². The molecule has 0 N–H and O–H groups in total. The lowest BCUT2D eigenvalue weighted by Gasteiger charge is -2.44. The van der Waals surface area contributed by atoms with Gasteiger partial charge < -0.3 is 23.7 Å². The number of hydrogen-bond acceptors (Lipinski definition) is 10. The average Bonchev–Trinajstić information content (AvgIpc) is 2.50. The predicted octanol–water partition coefficient (Wildman–Crippen LogP) is 0.823. The summed E-state index contributed by atoms with van der Waals surface area (Å²) in [6, 6.07) is 0. The molecular weight excluding hydrogens is 368 g/mol. The third-order valence-electron chi connectivity index (χ3n) is 3.28. The molecule has 0 aromatic heterocycles. The van der Waals surface area contributed by atoms with Crippen molar-refractivity contribution in [3.05, 3.63) is 0 Å². The molecule has 148 valence electrons. The van der Waals surface area contributed by atoms with Gasteiger partial charge in [-0.25, -0.2) is 0 Å². The second kappa shape index (κ2) is 10.4. The van der Waals surface area contributed by atoms with Crippen LogP contribution in [0.3, 0.4) is 0 Å². The second-order valence-electron chi connectivity index (χ2n) is 5.52. The summed E-state index contributed by atoms with van der Waals surface area (Å²) in [6.45, 7) is 6.48. The van der Waals surface area contributed by atoms with Crippen molar-refractivity contribution < 1.29 is 42.9 Å². The van der Waals surface area contributed by atoms with Gasteiger partial charge in [0.1, 0.15) is 18.1 Å². The molecule has 0 aromatic carbocycles. The lowest BCUT2D eigenvalue weighted by atomic mass is 9.99. The highest BCUT2D eigenvalue weighted by Gasteiger charge is 2.52. The molecule has 1 heterocycles. The van der Waals surface area contributed by atoms with E-state index in [2.05, 4.69) is 0 Å². The van der Waals surface area contributed by atoms with Crippen molar-refractivity contribution in [2.75, 3.05) is 12.4 Å². The zero-order chi connectivity index (χ0) is 19.9. The Kier molecular flexibility index (Phi) is 8.86. The van der Waals surface area contributed by atoms with E-state index < -0.39 is 53.7 Å². The van der Waals surface area contributed by atoms with Crippen LogP contribution in [-0.4, -0.2) is 66.1 Å². The van der Waals surface area contributed by atoms with Crippen molar-refractivity contribution in [3.63, 3.8) is 0 Å². The highest BCUT2D eigenvalue weighted by atomic mass is 32.2. The fraction of sp³-hybridized carbons (Fsp3) is 0.750. The molecule has 0 saturated carbocycles. The maximum absolute atomic E-state index is 11.6. The summed E-state index contributed by atoms with van der Waals surface area (Å²) >= 11 is 1.32. The van der Waals surface area contributed by atoms with Gasteiger partial charge in [0, 0.05) is 27.7 Å². The standard InChI is InChI=1S/C16H24O9S/c1-6-26-16-15(24-11(5)20)14(23-10(4)19)13(22-9(3)18)12(25-16)7-21-8(2)17/h12-16H,6-7H2,1-5H3/t12-,13-,14+,15-,16+/m0/s1. The largest absolute Gasteiger partial charge is 0.463 e. The van der Waals surface area contributed by atoms with E-state index in [0.29, 0.717) is 5.75 Å². The molecule has 10 heteroatoms. The Morgan fingerprint density at radius 3 is 1.77 bits per heavy atom. The highest BCUT2D eigenvalue weighted by Crippen LogP contribution is 2.34. The Labute approximate surface area is 156 Å². The van der Waals surface area contributed by atoms with Crippen LogP contribution in [0.2, 0.25) is 0 Å². The van der Waals surface area contributed by atoms with Gasteiger partial charge in [-0.1, -0.05) is 6.92 Å². The number of esters is 4. The minimum atomic E-state index is -1.10. The molecule has 0 amide bonds. The van der Waals surface area contributed by atoms with Crippen LogP contribution < -0.4 is 0 Å². The first-order chi connectivity index (χ1) is 12.1. The van der Waals surface area contributed by atoms with Gasteiger partial charge in [0.25, 0.3) is 0 Å². The van der Waals surface area contributed by atoms with Gasteiger partial charge in [-0.2, -0.15) is 0 Å². The van der Waals surface area contributed by atoms with Crippen molar-refractivity contribution in [2.45, 2.75) is 64.5 Å². The maximum Gasteiger partial charge on any atom is 0.303 e. The van der Waals surface area contributed by atoms with Gasteiger partial charge in [-0.3, -0.25) is 19.2 Å². The van der Waals surface area contributed by atoms with E-state index in [9.17, 15) is 19.2 Å². The van der Waals surface area contributed by atoms with Crippen molar-refractivity contribution in [2.24, 2.45) is 0 Å². The summed E-state index contributed by atoms with van der Waals surface area (Å²) in [5.41, 5.74) is -0.694. The molecule has 26 heavy (non-hydrogen) atoms. The van der Waals surface area contributed by atoms with E-state index in [1.165, 1.54) is 39.5 Å². The van der Waals surface area contributed by atoms with E-state index in [-0.39, 0.29) is 6.61 Å². The number of rotatable bonds is 7. The Morgan fingerprint density at radius 1 is 0.808 bits per heavy atom. The SMILES string of the molecule is CCS[C@H]1O[C@@H](COC(C)=O)[C@H](OC(C)=O)[C@@H](OC(C)=O)[C@@H]1OC(C)=O. The van der Waals surface area contributed by atoms with Crippen LogP contribution in [0.4, 0.5) is 0 Å². The minimum absolute atomic E-state index is 0.210. The van der Waals surface area contributed by atoms with E-state index in [1.54, 1.807) is 0 Å². The molecule has 0 spiro atoms. The quantitative estimate of drug-likeness (QED) is 0.455. The van der Waals surface area contributed by atoms with Crippen molar-refractivity contribution in [1.29, 1.82) is 0 Å². The number of carbonyl (C=O) groups excluding carboxylic acids is 4. The van der Waals surface area contributed by atoms with Gasteiger partial charge >= 0.3 is 23.9 Å². The molecular formula is C16H24O9S. The van der Waals surface area contributed by atoms with E-state index in [0.717, 1.165) is 0 Å². The van der Waals surface area contributed by atoms with Gasteiger partial charge in [-0.15, -0.1) is 11.8 Å². The molecule has 0 radical (unpaired) electrons. The second-order valence-corrected chi connectivity index (χ2v) is 6.90. The van der Waals surface area contributed by atoms with Crippen LogP contribution in [0.15, 0.2) is 0 Å². The van der Waals surface area contributed by atoms with Crippen LogP contribution in [-0.2, 0) is 42.9 Å². The Morgan fingerprint density at radius 2 is 1.31 bits per heavy atom. The summed E-state index contributed by atoms with van der Waals surface area (Å²) in [7, 11) is 0. The topological polar surface area (TPSA) is 114 Å². The molecule has 1 aliphatic heterocycles. The van der Waals surface area contributed by atoms with Crippen LogP contribution in [0.25, 0.3) is 0 Å². The van der Waals surface area contributed by atoms with Gasteiger partial charge in [0.05, 0.1) is 0 Å². The fourth-order valence-corrected chi connectivity index (χ4v) is 3.44. The smallest absolute Gasteiger partial charge is 0.303 e. The Hall–Kier alpha value is -1.81. The van der Waals surface area contributed by atoms with Crippen molar-refractivity contribution in [1.82, 2.24) is 0 Å². The summed E-state index contributed by atoms with van der Waals surface area (Å²) < 4.78 is 26.7. The van der Waals surface area contributed by atoms with Crippen molar-refractivity contribution >= 4 is 35.6 Å². The molecule has 0 unspecified atom stereocenters. The van der Waals surface area contributed by atoms with Gasteiger partial charge in [-0.05, 0) is 5.75 Å². The zero-order valence-electron chi connectivity index (χ0n) is 15.4. The molecule has 0 aliphatic carbocycles. The van der Waals surface area contributed by atoms with E-state index in [4.69, 9.17) is 23.7 Å². The summed E-state index contributed by atoms with van der Waals surface area (Å²) in [4.78, 5) is 45.8. The number of hydrogen-bond donors (Lipinski definition) is 0. The first kappa shape index (κ1) is 22.2. The third-order valence-corrected chi connectivity index (χ3v) is 4.32. The Balaban J connectivity index is 3.22. The fourth-order valence-electron chi connectivity index (χ4n) is 2.49. The predicted molar refractivity (Wildman–Crippen MR) is 90.1 cm³/mol. The van der Waals surface area contributed by atoms with Crippen molar-refractivity contribution in [3.8, 4) is 0 Å². The first-order valence-corrected chi connectivity index (χ1v) is 9.12. The zero-order valence-corrected chi connectivity index (χ0v) is 16.2. The van der Waals surface area contributed by atoms with E-state index >= 15 is 0 Å². The molecule has 1 fully saturated rings. The molecule has 5 atom stereocenters. The van der Waals surface area contributed by atoms with Gasteiger partial charge in [0.15, 0.2) is 18.3 Å². The third kappa shape index (κ3) is 6.83. The Bertz CT molecular complexity index is 536. The number of carbonyl (C=O) groups is 4. The molecule has 9 nitrogen and oxygen atoms in total. The molecule has 1 rings (SSSR count). The minimum Gasteiger partial charge on any atom is -0.463 e. The van der Waals surface area contributed by atoms with Gasteiger partial charge in [0.2, 0.25) is 0 Å². The van der Waals surface area contributed by atoms with E-state index in [1.807, 2.05) is 6.92 Å².